The second kappa shape index (κ2) is 6.60. The van der Waals surface area contributed by atoms with Crippen molar-refractivity contribution in [1.29, 1.82) is 0 Å². The fourth-order valence-corrected chi connectivity index (χ4v) is 3.08. The van der Waals surface area contributed by atoms with Crippen molar-refractivity contribution in [2.75, 3.05) is 12.8 Å². The van der Waals surface area contributed by atoms with E-state index in [1.165, 1.54) is 37.8 Å². The standard InChI is InChI=1S/C18H15FN6O2/c1-27-16-8-21-7-15(23-16)11-4-9(19)2-3-10(11)13-5-14-12(17(26)24-13)6-22-18(20)25-14/h2-4,6-8,13H,5H2,1H3,(H,24,26)(H2,20,22,25). The van der Waals surface area contributed by atoms with E-state index in [0.29, 0.717) is 40.4 Å². The lowest BCUT2D eigenvalue weighted by molar-refractivity contribution is 0.0923. The van der Waals surface area contributed by atoms with Crippen LogP contribution < -0.4 is 15.8 Å². The Morgan fingerprint density at radius 3 is 2.89 bits per heavy atom. The molecule has 136 valence electrons. The summed E-state index contributed by atoms with van der Waals surface area (Å²) >= 11 is 0. The number of fused-ring (bicyclic) bond motifs is 1. The molecule has 27 heavy (non-hydrogen) atoms. The van der Waals surface area contributed by atoms with Gasteiger partial charge in [0.05, 0.1) is 42.5 Å². The Morgan fingerprint density at radius 1 is 1.22 bits per heavy atom. The normalized spacial score (nSPS) is 15.8. The van der Waals surface area contributed by atoms with Crippen molar-refractivity contribution in [3.63, 3.8) is 0 Å². The van der Waals surface area contributed by atoms with E-state index in [1.54, 1.807) is 6.07 Å². The molecule has 0 saturated heterocycles. The molecule has 8 nitrogen and oxygen atoms in total. The Hall–Kier alpha value is -3.62. The van der Waals surface area contributed by atoms with Crippen molar-refractivity contribution >= 4 is 11.9 Å². The number of anilines is 1. The van der Waals surface area contributed by atoms with Crippen molar-refractivity contribution in [2.24, 2.45) is 0 Å². The van der Waals surface area contributed by atoms with Gasteiger partial charge in [-0.3, -0.25) is 9.78 Å². The summed E-state index contributed by atoms with van der Waals surface area (Å²) in [6.07, 6.45) is 4.77. The van der Waals surface area contributed by atoms with E-state index in [0.717, 1.165) is 0 Å². The van der Waals surface area contributed by atoms with Gasteiger partial charge in [0.1, 0.15) is 5.82 Å². The zero-order valence-electron chi connectivity index (χ0n) is 14.3. The summed E-state index contributed by atoms with van der Waals surface area (Å²) in [6.45, 7) is 0. The van der Waals surface area contributed by atoms with E-state index in [9.17, 15) is 9.18 Å². The second-order valence-corrected chi connectivity index (χ2v) is 6.00. The Kier molecular flexibility index (Phi) is 4.11. The molecule has 0 spiro atoms. The predicted octanol–water partition coefficient (Wildman–Crippen LogP) is 1.69. The third-order valence-corrected chi connectivity index (χ3v) is 4.32. The van der Waals surface area contributed by atoms with Gasteiger partial charge in [0.2, 0.25) is 11.8 Å². The van der Waals surface area contributed by atoms with Crippen molar-refractivity contribution in [3.8, 4) is 17.1 Å². The molecular weight excluding hydrogens is 351 g/mol. The molecule has 0 bridgehead atoms. The molecule has 3 N–H and O–H groups in total. The number of methoxy groups -OCH3 is 1. The van der Waals surface area contributed by atoms with Gasteiger partial charge in [-0.05, 0) is 17.7 Å². The SMILES string of the molecule is COc1cncc(-c2cc(F)ccc2C2Cc3nc(N)ncc3C(=O)N2)n1. The fourth-order valence-electron chi connectivity index (χ4n) is 3.08. The minimum Gasteiger partial charge on any atom is -0.480 e. The van der Waals surface area contributed by atoms with Gasteiger partial charge in [-0.2, -0.15) is 0 Å². The molecule has 0 fully saturated rings. The third kappa shape index (κ3) is 3.14. The van der Waals surface area contributed by atoms with Crippen molar-refractivity contribution in [1.82, 2.24) is 25.3 Å². The first-order valence-electron chi connectivity index (χ1n) is 8.13. The Bertz CT molecular complexity index is 1040. The number of halogens is 1. The number of nitrogen functional groups attached to an aromatic ring is 1. The number of nitrogens with zero attached hydrogens (tertiary/aromatic N) is 4. The molecule has 1 aromatic carbocycles. The number of hydrogen-bond donors (Lipinski definition) is 2. The lowest BCUT2D eigenvalue weighted by Crippen LogP contribution is -2.36. The van der Waals surface area contributed by atoms with E-state index in [1.807, 2.05) is 0 Å². The number of ether oxygens (including phenoxy) is 1. The molecule has 0 saturated carbocycles. The van der Waals surface area contributed by atoms with Gasteiger partial charge < -0.3 is 15.8 Å². The summed E-state index contributed by atoms with van der Waals surface area (Å²) < 4.78 is 19.0. The number of benzene rings is 1. The maximum absolute atomic E-state index is 13.9. The largest absolute Gasteiger partial charge is 0.480 e. The van der Waals surface area contributed by atoms with Gasteiger partial charge in [-0.15, -0.1) is 0 Å². The van der Waals surface area contributed by atoms with Crippen LogP contribution in [0.1, 0.15) is 27.7 Å². The summed E-state index contributed by atoms with van der Waals surface area (Å²) in [4.78, 5) is 28.9. The molecule has 1 unspecified atom stereocenters. The van der Waals surface area contributed by atoms with Crippen molar-refractivity contribution in [2.45, 2.75) is 12.5 Å². The van der Waals surface area contributed by atoms with Crippen LogP contribution in [0.5, 0.6) is 5.88 Å². The topological polar surface area (TPSA) is 116 Å². The summed E-state index contributed by atoms with van der Waals surface area (Å²) in [6, 6.07) is 3.88. The van der Waals surface area contributed by atoms with Crippen molar-refractivity contribution in [3.05, 3.63) is 59.4 Å². The summed E-state index contributed by atoms with van der Waals surface area (Å²) in [5.41, 5.74) is 8.21. The monoisotopic (exact) mass is 366 g/mol. The van der Waals surface area contributed by atoms with Crippen LogP contribution in [-0.2, 0) is 6.42 Å². The average molecular weight is 366 g/mol. The van der Waals surface area contributed by atoms with Crippen LogP contribution >= 0.6 is 0 Å². The number of nitrogens with one attached hydrogen (secondary N) is 1. The van der Waals surface area contributed by atoms with Crippen LogP contribution in [0.25, 0.3) is 11.3 Å². The Morgan fingerprint density at radius 2 is 2.07 bits per heavy atom. The van der Waals surface area contributed by atoms with Crippen LogP contribution in [0, 0.1) is 5.82 Å². The molecule has 3 heterocycles. The third-order valence-electron chi connectivity index (χ3n) is 4.32. The first-order valence-corrected chi connectivity index (χ1v) is 8.13. The van der Waals surface area contributed by atoms with Gasteiger partial charge in [0.25, 0.3) is 5.91 Å². The van der Waals surface area contributed by atoms with Gasteiger partial charge in [-0.1, -0.05) is 6.07 Å². The quantitative estimate of drug-likeness (QED) is 0.724. The molecule has 2 aromatic heterocycles. The highest BCUT2D eigenvalue weighted by molar-refractivity contribution is 5.96. The summed E-state index contributed by atoms with van der Waals surface area (Å²) in [7, 11) is 1.47. The van der Waals surface area contributed by atoms with E-state index in [4.69, 9.17) is 10.5 Å². The maximum Gasteiger partial charge on any atom is 0.255 e. The van der Waals surface area contributed by atoms with Gasteiger partial charge in [0.15, 0.2) is 0 Å². The highest BCUT2D eigenvalue weighted by atomic mass is 19.1. The lowest BCUT2D eigenvalue weighted by atomic mass is 9.91. The number of amides is 1. The maximum atomic E-state index is 13.9. The zero-order chi connectivity index (χ0) is 19.0. The number of rotatable bonds is 3. The van der Waals surface area contributed by atoms with Crippen LogP contribution in [0.3, 0.4) is 0 Å². The molecule has 1 atom stereocenters. The molecule has 0 radical (unpaired) electrons. The number of aromatic nitrogens is 4. The minimum absolute atomic E-state index is 0.0974. The number of hydrogen-bond acceptors (Lipinski definition) is 7. The molecule has 1 amide bonds. The minimum atomic E-state index is -0.428. The summed E-state index contributed by atoms with van der Waals surface area (Å²) in [5.74, 6) is -0.331. The predicted molar refractivity (Wildman–Crippen MR) is 94.3 cm³/mol. The van der Waals surface area contributed by atoms with E-state index in [2.05, 4.69) is 25.3 Å². The Labute approximate surface area is 153 Å². The van der Waals surface area contributed by atoms with Gasteiger partial charge in [-0.25, -0.2) is 19.3 Å². The van der Waals surface area contributed by atoms with Crippen molar-refractivity contribution < 1.29 is 13.9 Å². The average Bonchev–Trinajstić information content (AvgIpc) is 2.67. The van der Waals surface area contributed by atoms with Crippen LogP contribution in [0.4, 0.5) is 10.3 Å². The van der Waals surface area contributed by atoms with E-state index in [-0.39, 0.29) is 11.9 Å². The van der Waals surface area contributed by atoms with Gasteiger partial charge >= 0.3 is 0 Å². The second-order valence-electron chi connectivity index (χ2n) is 6.00. The molecular formula is C18H15FN6O2. The number of carbonyl (C=O) groups is 1. The first kappa shape index (κ1) is 16.8. The van der Waals surface area contributed by atoms with Crippen LogP contribution in [0.15, 0.2) is 36.8 Å². The molecule has 4 rings (SSSR count). The first-order chi connectivity index (χ1) is 13.0. The molecule has 9 heteroatoms. The molecule has 0 aliphatic carbocycles. The van der Waals surface area contributed by atoms with Crippen LogP contribution in [0.2, 0.25) is 0 Å². The fraction of sp³-hybridized carbons (Fsp3) is 0.167. The molecule has 1 aliphatic heterocycles. The lowest BCUT2D eigenvalue weighted by Gasteiger charge is -2.26. The summed E-state index contributed by atoms with van der Waals surface area (Å²) in [5, 5.41) is 2.90. The Balaban J connectivity index is 1.80. The number of carbonyl (C=O) groups excluding carboxylic acids is 1. The highest BCUT2D eigenvalue weighted by Gasteiger charge is 2.29. The van der Waals surface area contributed by atoms with E-state index < -0.39 is 11.9 Å². The van der Waals surface area contributed by atoms with Gasteiger partial charge in [0, 0.05) is 18.2 Å². The molecule has 3 aromatic rings. The molecule has 1 aliphatic rings. The smallest absolute Gasteiger partial charge is 0.255 e. The highest BCUT2D eigenvalue weighted by Crippen LogP contribution is 2.32. The van der Waals surface area contributed by atoms with Crippen LogP contribution in [-0.4, -0.2) is 33.0 Å². The number of nitrogens with two attached hydrogens (primary N) is 1. The van der Waals surface area contributed by atoms with E-state index >= 15 is 0 Å². The zero-order valence-corrected chi connectivity index (χ0v) is 14.3.